The highest BCUT2D eigenvalue weighted by Gasteiger charge is 2.33. The zero-order chi connectivity index (χ0) is 21.5. The molecule has 1 aromatic heterocycles. The van der Waals surface area contributed by atoms with Crippen LogP contribution in [0.1, 0.15) is 28.3 Å². The van der Waals surface area contributed by atoms with Gasteiger partial charge in [-0.15, -0.1) is 16.8 Å². The van der Waals surface area contributed by atoms with Crippen LogP contribution in [0.25, 0.3) is 11.1 Å². The van der Waals surface area contributed by atoms with Gasteiger partial charge in [0.05, 0.1) is 5.25 Å². The Morgan fingerprint density at radius 3 is 2.28 bits per heavy atom. The highest BCUT2D eigenvalue weighted by Crippen LogP contribution is 2.52. The molecule has 0 N–H and O–H groups in total. The first-order chi connectivity index (χ1) is 15.8. The Morgan fingerprint density at radius 1 is 0.906 bits per heavy atom. The third-order valence-corrected chi connectivity index (χ3v) is 7.11. The van der Waals surface area contributed by atoms with Gasteiger partial charge in [0.25, 0.3) is 0 Å². The summed E-state index contributed by atoms with van der Waals surface area (Å²) in [4.78, 5) is 0. The lowest BCUT2D eigenvalue weighted by Gasteiger charge is -2.26. The highest BCUT2D eigenvalue weighted by atomic mass is 32.2. The molecule has 0 amide bonds. The lowest BCUT2D eigenvalue weighted by Crippen LogP contribution is -2.25. The lowest BCUT2D eigenvalue weighted by atomic mass is 10.1. The molecule has 0 bridgehead atoms. The number of hydrogen-bond donors (Lipinski definition) is 0. The second-order valence-electron chi connectivity index (χ2n) is 7.78. The smallest absolute Gasteiger partial charge is 0.192 e. The van der Waals surface area contributed by atoms with Crippen molar-refractivity contribution >= 4 is 11.8 Å². The number of fused-ring (bicyclic) bond motifs is 4. The molecule has 1 unspecified atom stereocenters. The molecule has 0 saturated carbocycles. The van der Waals surface area contributed by atoms with Crippen molar-refractivity contribution in [1.82, 2.24) is 14.8 Å². The molecule has 6 heteroatoms. The van der Waals surface area contributed by atoms with E-state index in [9.17, 15) is 0 Å². The molecule has 0 spiro atoms. The second kappa shape index (κ2) is 7.88. The maximum absolute atomic E-state index is 6.21. The van der Waals surface area contributed by atoms with Crippen LogP contribution in [0, 0.1) is 0 Å². The fourth-order valence-electron chi connectivity index (χ4n) is 4.41. The molecule has 158 valence electrons. The molecule has 0 fully saturated rings. The lowest BCUT2D eigenvalue weighted by molar-refractivity contribution is 0.0821. The van der Waals surface area contributed by atoms with E-state index in [1.165, 1.54) is 22.3 Å². The zero-order valence-corrected chi connectivity index (χ0v) is 18.2. The predicted octanol–water partition coefficient (Wildman–Crippen LogP) is 5.84. The number of thioether (sulfide) groups is 1. The van der Waals surface area contributed by atoms with E-state index >= 15 is 0 Å². The molecular weight excluding hydrogens is 418 g/mol. The quantitative estimate of drug-likeness (QED) is 0.366. The molecule has 4 aromatic rings. The summed E-state index contributed by atoms with van der Waals surface area (Å²) in [6.45, 7) is 4.94. The number of nitrogens with zero attached hydrogens (tertiary/aromatic N) is 3. The van der Waals surface area contributed by atoms with Crippen molar-refractivity contribution in [2.45, 2.75) is 23.1 Å². The minimum atomic E-state index is -0.324. The average molecular weight is 440 g/mol. The highest BCUT2D eigenvalue weighted by molar-refractivity contribution is 7.99. The first-order valence-electron chi connectivity index (χ1n) is 10.6. The molecule has 6 rings (SSSR count). The van der Waals surface area contributed by atoms with Gasteiger partial charge < -0.3 is 9.47 Å². The van der Waals surface area contributed by atoms with Crippen LogP contribution in [-0.4, -0.2) is 21.4 Å². The van der Waals surface area contributed by atoms with Crippen LogP contribution in [0.5, 0.6) is 11.5 Å². The minimum Gasteiger partial charge on any atom is -0.485 e. The van der Waals surface area contributed by atoms with Crippen molar-refractivity contribution in [3.8, 4) is 22.6 Å². The summed E-state index contributed by atoms with van der Waals surface area (Å²) in [6.07, 6.45) is 1.54. The first kappa shape index (κ1) is 19.2. The third-order valence-electron chi connectivity index (χ3n) is 5.85. The normalized spacial score (nSPS) is 16.4. The largest absolute Gasteiger partial charge is 0.485 e. The van der Waals surface area contributed by atoms with Gasteiger partial charge in [-0.2, -0.15) is 0 Å². The van der Waals surface area contributed by atoms with Gasteiger partial charge in [0.1, 0.15) is 6.61 Å². The summed E-state index contributed by atoms with van der Waals surface area (Å²) < 4.78 is 14.2. The van der Waals surface area contributed by atoms with Crippen LogP contribution < -0.4 is 9.47 Å². The fourth-order valence-corrected chi connectivity index (χ4v) is 5.67. The Hall–Kier alpha value is -3.51. The summed E-state index contributed by atoms with van der Waals surface area (Å²) in [5, 5.41) is 10.1. The monoisotopic (exact) mass is 439 g/mol. The predicted molar refractivity (Wildman–Crippen MR) is 125 cm³/mol. The van der Waals surface area contributed by atoms with Crippen molar-refractivity contribution < 1.29 is 9.47 Å². The van der Waals surface area contributed by atoms with Crippen molar-refractivity contribution in [2.75, 3.05) is 6.61 Å². The number of aromatic nitrogens is 3. The summed E-state index contributed by atoms with van der Waals surface area (Å²) in [5.74, 6) is 2.23. The maximum atomic E-state index is 6.21. The molecule has 32 heavy (non-hydrogen) atoms. The molecule has 5 nitrogen and oxygen atoms in total. The van der Waals surface area contributed by atoms with Crippen LogP contribution in [-0.2, 0) is 6.54 Å². The van der Waals surface area contributed by atoms with E-state index in [0.717, 1.165) is 22.5 Å². The van der Waals surface area contributed by atoms with Gasteiger partial charge in [0.15, 0.2) is 28.6 Å². The van der Waals surface area contributed by atoms with E-state index < -0.39 is 0 Å². The van der Waals surface area contributed by atoms with E-state index in [4.69, 9.17) is 9.47 Å². The first-order valence-corrected chi connectivity index (χ1v) is 11.5. The van der Waals surface area contributed by atoms with Gasteiger partial charge in [-0.25, -0.2) is 0 Å². The fraction of sp³-hybridized carbons (Fsp3) is 0.154. The summed E-state index contributed by atoms with van der Waals surface area (Å²) >= 11 is 1.72. The molecule has 3 aromatic carbocycles. The van der Waals surface area contributed by atoms with Gasteiger partial charge in [0.2, 0.25) is 0 Å². The second-order valence-corrected chi connectivity index (χ2v) is 8.85. The summed E-state index contributed by atoms with van der Waals surface area (Å²) in [7, 11) is 0. The van der Waals surface area contributed by atoms with Gasteiger partial charge in [-0.05, 0) is 34.4 Å². The Labute approximate surface area is 190 Å². The number of rotatable bonds is 5. The van der Waals surface area contributed by atoms with Gasteiger partial charge in [-0.1, -0.05) is 78.5 Å². The standard InChI is InChI=1S/C26H21N3O2S/c1-2-15-29-25(23-16-30-21-13-7-8-14-22(21)31-23)27-28-26(29)32-24-19-11-5-3-9-17(19)18-10-4-6-12-20(18)24/h2-14,23-24H,1,15-16H2. The van der Waals surface area contributed by atoms with Gasteiger partial charge in [-0.3, -0.25) is 4.57 Å². The van der Waals surface area contributed by atoms with E-state index in [1.807, 2.05) is 30.3 Å². The molecule has 2 aliphatic rings. The Bertz CT molecular complexity index is 1270. The van der Waals surface area contributed by atoms with Crippen molar-refractivity contribution in [3.05, 3.63) is 102 Å². The SMILES string of the molecule is C=CCn1c(SC2c3ccccc3-c3ccccc32)nnc1C1COc2ccccc2O1. The third kappa shape index (κ3) is 3.10. The number of para-hydroxylation sites is 2. The average Bonchev–Trinajstić information content (AvgIpc) is 3.39. The molecule has 1 atom stereocenters. The molecule has 2 heterocycles. The zero-order valence-electron chi connectivity index (χ0n) is 17.3. The maximum Gasteiger partial charge on any atom is 0.192 e. The van der Waals surface area contributed by atoms with Gasteiger partial charge >= 0.3 is 0 Å². The van der Waals surface area contributed by atoms with Crippen LogP contribution >= 0.6 is 11.8 Å². The topological polar surface area (TPSA) is 49.2 Å². The van der Waals surface area contributed by atoms with Crippen LogP contribution in [0.4, 0.5) is 0 Å². The van der Waals surface area contributed by atoms with Crippen LogP contribution in [0.3, 0.4) is 0 Å². The van der Waals surface area contributed by atoms with Crippen LogP contribution in [0.15, 0.2) is 90.6 Å². The molecular formula is C26H21N3O2S. The van der Waals surface area contributed by atoms with Crippen molar-refractivity contribution in [3.63, 3.8) is 0 Å². The van der Waals surface area contributed by atoms with E-state index in [2.05, 4.69) is 69.9 Å². The number of allylic oxidation sites excluding steroid dienone is 1. The van der Waals surface area contributed by atoms with Crippen LogP contribution in [0.2, 0.25) is 0 Å². The number of ether oxygens (including phenoxy) is 2. The van der Waals surface area contributed by atoms with Crippen molar-refractivity contribution in [2.24, 2.45) is 0 Å². The Balaban J connectivity index is 1.36. The molecule has 1 aliphatic carbocycles. The van der Waals surface area contributed by atoms with E-state index in [0.29, 0.717) is 13.2 Å². The summed E-state index contributed by atoms with van der Waals surface area (Å²) in [6, 6.07) is 24.9. The molecule has 0 radical (unpaired) electrons. The number of benzene rings is 3. The molecule has 0 saturated heterocycles. The Kier molecular flexibility index (Phi) is 4.72. The Morgan fingerprint density at radius 2 is 1.56 bits per heavy atom. The van der Waals surface area contributed by atoms with E-state index in [1.54, 1.807) is 11.8 Å². The van der Waals surface area contributed by atoms with Crippen molar-refractivity contribution in [1.29, 1.82) is 0 Å². The van der Waals surface area contributed by atoms with E-state index in [-0.39, 0.29) is 11.4 Å². The molecule has 1 aliphatic heterocycles. The minimum absolute atomic E-state index is 0.160. The van der Waals surface area contributed by atoms with Gasteiger partial charge in [0, 0.05) is 6.54 Å². The summed E-state index contributed by atoms with van der Waals surface area (Å²) in [5.41, 5.74) is 5.19. The number of hydrogen-bond acceptors (Lipinski definition) is 5.